The number of carbonyl (C=O) groups is 3. The summed E-state index contributed by atoms with van der Waals surface area (Å²) in [5.74, 6) is -1.27. The zero-order chi connectivity index (χ0) is 22.7. The number of aliphatic carboxylic acids is 1. The first-order chi connectivity index (χ1) is 15.5. The number of fused-ring (bicyclic) bond motifs is 3. The number of benzene rings is 2. The molecule has 1 aliphatic carbocycles. The average Bonchev–Trinajstić information content (AvgIpc) is 3.11. The molecule has 1 saturated heterocycles. The number of nitrogens with one attached hydrogen (secondary N) is 1. The number of hydrogen-bond donors (Lipinski definition) is 2. The number of carboxylic acid groups (broad SMARTS) is 1. The van der Waals surface area contributed by atoms with Crippen LogP contribution < -0.4 is 5.32 Å². The van der Waals surface area contributed by atoms with Crippen molar-refractivity contribution in [2.24, 2.45) is 0 Å². The van der Waals surface area contributed by atoms with Gasteiger partial charge >= 0.3 is 12.1 Å². The maximum absolute atomic E-state index is 12.6. The summed E-state index contributed by atoms with van der Waals surface area (Å²) in [6.45, 7) is 2.36. The van der Waals surface area contributed by atoms with Gasteiger partial charge in [0, 0.05) is 24.9 Å². The first-order valence-electron chi connectivity index (χ1n) is 11.1. The quantitative estimate of drug-likeness (QED) is 0.719. The molecule has 2 atom stereocenters. The molecule has 7 nitrogen and oxygen atoms in total. The van der Waals surface area contributed by atoms with E-state index in [4.69, 9.17) is 4.74 Å². The van der Waals surface area contributed by atoms with Crippen LogP contribution in [0.1, 0.15) is 49.7 Å². The smallest absolute Gasteiger partial charge is 0.407 e. The predicted molar refractivity (Wildman–Crippen MR) is 119 cm³/mol. The van der Waals surface area contributed by atoms with Gasteiger partial charge in [-0.05, 0) is 48.4 Å². The molecule has 0 aromatic heterocycles. The number of hydrogen-bond acceptors (Lipinski definition) is 4. The molecule has 4 rings (SSSR count). The molecule has 0 bridgehead atoms. The van der Waals surface area contributed by atoms with Crippen LogP contribution in [0.2, 0.25) is 0 Å². The molecule has 1 aliphatic heterocycles. The SMILES string of the molecule is C[C@@H](CC(=O)N1CCCC[C@H]1C(=O)O)NC(=O)OCC1c2ccccc2-c2ccccc21. The fourth-order valence-corrected chi connectivity index (χ4v) is 4.76. The Morgan fingerprint density at radius 3 is 2.31 bits per heavy atom. The van der Waals surface area contributed by atoms with Crippen LogP contribution in [-0.2, 0) is 14.3 Å². The van der Waals surface area contributed by atoms with Crippen LogP contribution in [0, 0.1) is 0 Å². The Morgan fingerprint density at radius 1 is 1.06 bits per heavy atom. The number of ether oxygens (including phenoxy) is 1. The van der Waals surface area contributed by atoms with Gasteiger partial charge in [-0.1, -0.05) is 48.5 Å². The maximum Gasteiger partial charge on any atom is 0.407 e. The van der Waals surface area contributed by atoms with E-state index in [9.17, 15) is 19.5 Å². The molecule has 2 aromatic rings. The third-order valence-electron chi connectivity index (χ3n) is 6.30. The monoisotopic (exact) mass is 436 g/mol. The Kier molecular flexibility index (Phi) is 6.44. The average molecular weight is 437 g/mol. The van der Waals surface area contributed by atoms with E-state index in [0.717, 1.165) is 35.1 Å². The van der Waals surface area contributed by atoms with E-state index in [1.807, 2.05) is 24.3 Å². The van der Waals surface area contributed by atoms with Gasteiger partial charge in [-0.15, -0.1) is 0 Å². The maximum atomic E-state index is 12.6. The third kappa shape index (κ3) is 4.47. The number of piperidine rings is 1. The summed E-state index contributed by atoms with van der Waals surface area (Å²) in [5.41, 5.74) is 4.58. The molecule has 2 amide bonds. The van der Waals surface area contributed by atoms with Gasteiger partial charge in [0.15, 0.2) is 0 Å². The highest BCUT2D eigenvalue weighted by atomic mass is 16.5. The van der Waals surface area contributed by atoms with E-state index in [1.165, 1.54) is 4.90 Å². The van der Waals surface area contributed by atoms with Crippen LogP contribution in [0.15, 0.2) is 48.5 Å². The van der Waals surface area contributed by atoms with Crippen molar-refractivity contribution in [1.82, 2.24) is 10.2 Å². The molecule has 0 radical (unpaired) electrons. The van der Waals surface area contributed by atoms with Crippen molar-refractivity contribution < 1.29 is 24.2 Å². The van der Waals surface area contributed by atoms with Crippen molar-refractivity contribution in [3.8, 4) is 11.1 Å². The summed E-state index contributed by atoms with van der Waals surface area (Å²) >= 11 is 0. The summed E-state index contributed by atoms with van der Waals surface area (Å²) < 4.78 is 5.53. The number of carbonyl (C=O) groups excluding carboxylic acids is 2. The van der Waals surface area contributed by atoms with Gasteiger partial charge < -0.3 is 20.1 Å². The van der Waals surface area contributed by atoms with E-state index >= 15 is 0 Å². The first kappa shape index (κ1) is 21.9. The van der Waals surface area contributed by atoms with Gasteiger partial charge in [0.05, 0.1) is 0 Å². The number of rotatable bonds is 6. The zero-order valence-corrected chi connectivity index (χ0v) is 18.1. The van der Waals surface area contributed by atoms with E-state index in [1.54, 1.807) is 6.92 Å². The van der Waals surface area contributed by atoms with E-state index in [-0.39, 0.29) is 24.9 Å². The molecule has 0 spiro atoms. The lowest BCUT2D eigenvalue weighted by Gasteiger charge is -2.33. The second-order valence-electron chi connectivity index (χ2n) is 8.51. The number of alkyl carbamates (subject to hydrolysis) is 1. The van der Waals surface area contributed by atoms with Crippen molar-refractivity contribution in [2.75, 3.05) is 13.2 Å². The topological polar surface area (TPSA) is 95.9 Å². The Hall–Kier alpha value is -3.35. The molecule has 0 unspecified atom stereocenters. The van der Waals surface area contributed by atoms with Gasteiger partial charge in [-0.25, -0.2) is 9.59 Å². The molecule has 1 heterocycles. The normalized spacial score (nSPS) is 18.4. The largest absolute Gasteiger partial charge is 0.480 e. The van der Waals surface area contributed by atoms with Crippen molar-refractivity contribution >= 4 is 18.0 Å². The molecule has 2 aromatic carbocycles. The van der Waals surface area contributed by atoms with Crippen LogP contribution in [-0.4, -0.2) is 53.2 Å². The zero-order valence-electron chi connectivity index (χ0n) is 18.1. The number of nitrogens with zero attached hydrogens (tertiary/aromatic N) is 1. The predicted octanol–water partition coefficient (Wildman–Crippen LogP) is 3.77. The summed E-state index contributed by atoms with van der Waals surface area (Å²) in [7, 11) is 0. The van der Waals surface area contributed by atoms with Crippen LogP contribution in [0.5, 0.6) is 0 Å². The lowest BCUT2D eigenvalue weighted by molar-refractivity contribution is -0.152. The van der Waals surface area contributed by atoms with E-state index in [0.29, 0.717) is 13.0 Å². The minimum Gasteiger partial charge on any atom is -0.480 e. The molecule has 2 aliphatic rings. The standard InChI is InChI=1S/C25H28N2O5/c1-16(14-23(28)27-13-7-6-12-22(27)24(29)30)26-25(31)32-15-21-19-10-4-2-8-17(19)18-9-3-5-11-20(18)21/h2-5,8-11,16,21-22H,6-7,12-15H2,1H3,(H,26,31)(H,29,30)/t16-,22-/m0/s1. The minimum absolute atomic E-state index is 0.0326. The van der Waals surface area contributed by atoms with Crippen molar-refractivity contribution in [2.45, 2.75) is 50.6 Å². The fourth-order valence-electron chi connectivity index (χ4n) is 4.76. The van der Waals surface area contributed by atoms with Crippen LogP contribution in [0.3, 0.4) is 0 Å². The Balaban J connectivity index is 1.32. The van der Waals surface area contributed by atoms with Crippen molar-refractivity contribution in [3.63, 3.8) is 0 Å². The molecule has 32 heavy (non-hydrogen) atoms. The van der Waals surface area contributed by atoms with Gasteiger partial charge in [0.2, 0.25) is 5.91 Å². The van der Waals surface area contributed by atoms with Crippen LogP contribution >= 0.6 is 0 Å². The van der Waals surface area contributed by atoms with Gasteiger partial charge in [0.1, 0.15) is 12.6 Å². The summed E-state index contributed by atoms with van der Waals surface area (Å²) in [5, 5.41) is 12.1. The highest BCUT2D eigenvalue weighted by Gasteiger charge is 2.33. The van der Waals surface area contributed by atoms with E-state index < -0.39 is 24.1 Å². The number of amides is 2. The first-order valence-corrected chi connectivity index (χ1v) is 11.1. The second-order valence-corrected chi connectivity index (χ2v) is 8.51. The van der Waals surface area contributed by atoms with Crippen LogP contribution in [0.4, 0.5) is 4.79 Å². The third-order valence-corrected chi connectivity index (χ3v) is 6.30. The second kappa shape index (κ2) is 9.42. The Bertz CT molecular complexity index is 975. The summed E-state index contributed by atoms with van der Waals surface area (Å²) in [6, 6.07) is 15.0. The number of likely N-dealkylation sites (tertiary alicyclic amines) is 1. The van der Waals surface area contributed by atoms with Crippen LogP contribution in [0.25, 0.3) is 11.1 Å². The van der Waals surface area contributed by atoms with Crippen molar-refractivity contribution in [3.05, 3.63) is 59.7 Å². The van der Waals surface area contributed by atoms with Gasteiger partial charge in [-0.2, -0.15) is 0 Å². The summed E-state index contributed by atoms with van der Waals surface area (Å²) in [6.07, 6.45) is 1.52. The molecule has 1 fully saturated rings. The summed E-state index contributed by atoms with van der Waals surface area (Å²) in [4.78, 5) is 37.9. The minimum atomic E-state index is -0.977. The molecule has 2 N–H and O–H groups in total. The molecule has 168 valence electrons. The van der Waals surface area contributed by atoms with E-state index in [2.05, 4.69) is 29.6 Å². The van der Waals surface area contributed by atoms with Gasteiger partial charge in [-0.3, -0.25) is 4.79 Å². The van der Waals surface area contributed by atoms with Gasteiger partial charge in [0.25, 0.3) is 0 Å². The highest BCUT2D eigenvalue weighted by molar-refractivity contribution is 5.84. The van der Waals surface area contributed by atoms with Crippen molar-refractivity contribution in [1.29, 1.82) is 0 Å². The lowest BCUT2D eigenvalue weighted by Crippen LogP contribution is -2.49. The fraction of sp³-hybridized carbons (Fsp3) is 0.400. The molecule has 7 heteroatoms. The molecule has 0 saturated carbocycles. The molecular formula is C25H28N2O5. The molecular weight excluding hydrogens is 408 g/mol. The Labute approximate surface area is 187 Å². The highest BCUT2D eigenvalue weighted by Crippen LogP contribution is 2.44. The lowest BCUT2D eigenvalue weighted by atomic mass is 9.98. The number of carboxylic acids is 1. The Morgan fingerprint density at radius 2 is 1.69 bits per heavy atom.